The largest absolute Gasteiger partial charge is 0.744 e. The average molecular weight is 1870 g/mol. The van der Waals surface area contributed by atoms with E-state index in [2.05, 4.69) is 158 Å². The molecule has 5 unspecified atom stereocenters. The van der Waals surface area contributed by atoms with Gasteiger partial charge in [-0.2, -0.15) is 0 Å². The minimum atomic E-state index is -4.30. The van der Waals surface area contributed by atoms with Gasteiger partial charge in [0.05, 0.1) is 65.0 Å². The zero-order chi connectivity index (χ0) is 93.0. The Morgan fingerprint density at radius 3 is 1.08 bits per heavy atom. The molecule has 1 aliphatic carbocycles. The molecular formula is C107H110F2O15S6. The van der Waals surface area contributed by atoms with Crippen LogP contribution < -0.4 is 4.74 Å². The number of fused-ring (bicyclic) bond motifs is 3. The van der Waals surface area contributed by atoms with E-state index < -0.39 is 40.8 Å². The Morgan fingerprint density at radius 2 is 0.754 bits per heavy atom. The Balaban J connectivity index is 0.000000156. The van der Waals surface area contributed by atoms with Crippen molar-refractivity contribution < 1.29 is 76.2 Å². The van der Waals surface area contributed by atoms with E-state index in [-0.39, 0.29) is 78.0 Å². The van der Waals surface area contributed by atoms with Crippen LogP contribution in [0.25, 0.3) is 25.1 Å². The van der Waals surface area contributed by atoms with Gasteiger partial charge in [-0.1, -0.05) is 194 Å². The first-order valence-corrected chi connectivity index (χ1v) is 51.6. The topological polar surface area (TPSA) is 243 Å². The Hall–Kier alpha value is -10.9. The van der Waals surface area contributed by atoms with Crippen LogP contribution in [0.1, 0.15) is 199 Å². The molecule has 0 bridgehead atoms. The zero-order valence-corrected chi connectivity index (χ0v) is 79.1. The second-order valence-corrected chi connectivity index (χ2v) is 42.0. The molecule has 1 saturated carbocycles. The van der Waals surface area contributed by atoms with Crippen molar-refractivity contribution in [1.29, 1.82) is 0 Å². The molecule has 0 radical (unpaired) electrons. The van der Waals surface area contributed by atoms with Gasteiger partial charge in [0.15, 0.2) is 50.0 Å². The van der Waals surface area contributed by atoms with Gasteiger partial charge in [-0.15, -0.1) is 0 Å². The Morgan fingerprint density at radius 1 is 0.408 bits per heavy atom. The first kappa shape index (κ1) is 99.6. The fourth-order valence-electron chi connectivity index (χ4n) is 14.9. The summed E-state index contributed by atoms with van der Waals surface area (Å²) in [5.41, 5.74) is 5.08. The molecule has 0 N–H and O–H groups in total. The SMILES string of the molecule is CC(OC(=O)c1ccc([S+](c2ccccc2)c2ccccc2)cc1)c1ccccc1.CCC(C)c1ccc(S(=O)(=O)[O-])cc1.CCC(C)c1ccc(S(=O)(=O)[O-])cc1.CCC(C)c1ccc(S(=O)(=O)[O-])cc1.CCC1(OC(=O)c2ccc([S+](c3ccccc3)c3ccccc3)cc2)CCCCC1.Fc1ccc2c(c1)c1cc(F)ccc1[s+]2-c1ccc(OC2CCCCO2)cc1. The monoisotopic (exact) mass is 1860 g/mol. The number of thiophene rings is 1. The van der Waals surface area contributed by atoms with Crippen LogP contribution in [-0.2, 0) is 66.4 Å². The van der Waals surface area contributed by atoms with E-state index in [1.807, 2.05) is 134 Å². The van der Waals surface area contributed by atoms with Crippen molar-refractivity contribution >= 4 is 94.7 Å². The second-order valence-electron chi connectivity index (χ2n) is 31.8. The summed E-state index contributed by atoms with van der Waals surface area (Å²) in [6.07, 6.45) is 12.0. The molecule has 130 heavy (non-hydrogen) atoms. The van der Waals surface area contributed by atoms with E-state index in [9.17, 15) is 57.3 Å². The van der Waals surface area contributed by atoms with Crippen molar-refractivity contribution in [3.05, 3.63) is 379 Å². The molecule has 2 aliphatic rings. The third-order valence-electron chi connectivity index (χ3n) is 23.0. The molecule has 15 nitrogen and oxygen atoms in total. The molecule has 23 heteroatoms. The van der Waals surface area contributed by atoms with Gasteiger partial charge in [0.1, 0.15) is 59.4 Å². The lowest BCUT2D eigenvalue weighted by Crippen LogP contribution is -2.36. The molecule has 1 aromatic heterocycles. The lowest BCUT2D eigenvalue weighted by Gasteiger charge is -2.36. The summed E-state index contributed by atoms with van der Waals surface area (Å²) in [7, 11) is -13.7. The molecule has 2 fully saturated rings. The first-order valence-electron chi connectivity index (χ1n) is 43.7. The van der Waals surface area contributed by atoms with E-state index in [0.29, 0.717) is 28.9 Å². The number of ether oxygens (including phenoxy) is 4. The number of carbonyl (C=O) groups excluding carboxylic acids is 2. The van der Waals surface area contributed by atoms with Crippen LogP contribution in [0.2, 0.25) is 0 Å². The van der Waals surface area contributed by atoms with Gasteiger partial charge in [-0.3, -0.25) is 0 Å². The summed E-state index contributed by atoms with van der Waals surface area (Å²) in [4.78, 5) is 33.5. The Labute approximate surface area is 773 Å². The van der Waals surface area contributed by atoms with Gasteiger partial charge in [0.2, 0.25) is 0 Å². The molecule has 2 heterocycles. The third kappa shape index (κ3) is 28.1. The van der Waals surface area contributed by atoms with Gasteiger partial charge >= 0.3 is 11.9 Å². The van der Waals surface area contributed by atoms with E-state index in [1.54, 1.807) is 36.4 Å². The summed E-state index contributed by atoms with van der Waals surface area (Å²) in [6.45, 7) is 17.1. The highest BCUT2D eigenvalue weighted by Crippen LogP contribution is 2.49. The van der Waals surface area contributed by atoms with Crippen molar-refractivity contribution in [3.8, 4) is 10.6 Å². The summed E-state index contributed by atoms with van der Waals surface area (Å²) in [5.74, 6) is 0.820. The van der Waals surface area contributed by atoms with E-state index in [1.165, 1.54) is 96.5 Å². The van der Waals surface area contributed by atoms with Crippen LogP contribution >= 0.6 is 10.5 Å². The van der Waals surface area contributed by atoms with Gasteiger partial charge in [0, 0.05) is 41.2 Å². The highest BCUT2D eigenvalue weighted by molar-refractivity contribution is 7.97. The molecule has 0 amide bonds. The maximum atomic E-state index is 13.8. The lowest BCUT2D eigenvalue weighted by molar-refractivity contribution is -0.105. The van der Waals surface area contributed by atoms with Gasteiger partial charge < -0.3 is 32.6 Å². The minimum Gasteiger partial charge on any atom is -0.744 e. The normalized spacial score (nSPS) is 14.6. The van der Waals surface area contributed by atoms with Crippen molar-refractivity contribution in [2.45, 2.75) is 212 Å². The minimum absolute atomic E-state index is 0.162. The summed E-state index contributed by atoms with van der Waals surface area (Å²) >= 11 is 0. The molecule has 5 atom stereocenters. The molecule has 14 aromatic rings. The molecule has 1 aliphatic heterocycles. The predicted octanol–water partition coefficient (Wildman–Crippen LogP) is 27.0. The van der Waals surface area contributed by atoms with Gasteiger partial charge in [-0.05, 0) is 281 Å². The highest BCUT2D eigenvalue weighted by atomic mass is 32.2. The van der Waals surface area contributed by atoms with Crippen LogP contribution in [0, 0.1) is 11.6 Å². The lowest BCUT2D eigenvalue weighted by atomic mass is 9.82. The number of benzene rings is 13. The summed E-state index contributed by atoms with van der Waals surface area (Å²) in [5, 5.41) is 1.54. The number of carbonyl (C=O) groups is 2. The van der Waals surface area contributed by atoms with Crippen LogP contribution in [0.15, 0.2) is 378 Å². The number of rotatable bonds is 24. The molecule has 13 aromatic carbocycles. The molecule has 0 spiro atoms. The van der Waals surface area contributed by atoms with E-state index in [4.69, 9.17) is 18.9 Å². The molecular weight excluding hydrogens is 1760 g/mol. The van der Waals surface area contributed by atoms with Crippen molar-refractivity contribution in [2.24, 2.45) is 0 Å². The van der Waals surface area contributed by atoms with Crippen molar-refractivity contribution in [3.63, 3.8) is 0 Å². The summed E-state index contributed by atoms with van der Waals surface area (Å²) < 4.78 is 149. The fourth-order valence-corrected chi connectivity index (χ4v) is 22.8. The Bertz CT molecular complexity index is 5940. The number of hydrogen-bond acceptors (Lipinski definition) is 15. The second kappa shape index (κ2) is 47.8. The number of halogens is 2. The van der Waals surface area contributed by atoms with Crippen molar-refractivity contribution in [2.75, 3.05) is 6.61 Å². The quantitative estimate of drug-likeness (QED) is 0.0310. The molecule has 678 valence electrons. The van der Waals surface area contributed by atoms with Gasteiger partial charge in [-0.25, -0.2) is 43.6 Å². The van der Waals surface area contributed by atoms with Crippen molar-refractivity contribution in [1.82, 2.24) is 0 Å². The zero-order valence-electron chi connectivity index (χ0n) is 74.2. The first-order chi connectivity index (χ1) is 62.5. The maximum Gasteiger partial charge on any atom is 0.338 e. The third-order valence-corrected chi connectivity index (χ3v) is 32.3. The van der Waals surface area contributed by atoms with Crippen LogP contribution in [-0.4, -0.2) is 69.3 Å². The number of hydrogen-bond donors (Lipinski definition) is 0. The fraction of sp³-hybridized carbons (Fsp3) is 0.252. The van der Waals surface area contributed by atoms with E-state index in [0.717, 1.165) is 130 Å². The Kier molecular flexibility index (Phi) is 36.6. The molecule has 16 rings (SSSR count). The van der Waals surface area contributed by atoms with E-state index >= 15 is 0 Å². The smallest absolute Gasteiger partial charge is 0.338 e. The van der Waals surface area contributed by atoms with Gasteiger partial charge in [0.25, 0.3) is 0 Å². The number of esters is 2. The molecule has 1 saturated heterocycles. The van der Waals surface area contributed by atoms with Crippen LogP contribution in [0.5, 0.6) is 5.75 Å². The average Bonchev–Trinajstić information content (AvgIpc) is 1.59. The predicted molar refractivity (Wildman–Crippen MR) is 514 cm³/mol. The summed E-state index contributed by atoms with van der Waals surface area (Å²) in [6, 6.07) is 104. The maximum absolute atomic E-state index is 13.8. The standard InChI is InChI=1S/C27H23O2S.C27H29O2S.C23H19F2O2S.3C10H14O3S/c1-21(22-11-5-2-6-12-22)29-27(28)23-17-19-26(20-18-23)30(24-13-7-3-8-14-24)25-15-9-4-10-16-25;1-2-27(20-10-5-11-21-27)29-26(28)22-16-18-25(19-17-22)30(23-12-6-3-7-13-23)24-14-8-4-9-15-24;24-15-4-10-21-19(13-15)20-14-16(25)5-11-22(20)28(21)18-8-6-17(7-9-18)27-23-3-1-2-12-26-23;3*1-3-8(2)9-4-6-10(7-5-9)14(11,12)13/h2-21H,1H3;3-4,6-9,12-19H,2,5,10-11,20-21H2,1H3;4-11,13-14,23H,1-3,12H2;3*4-8H,3H2,1-2H3,(H,11,12,13)/q3*+1;;;/p-3. The highest BCUT2D eigenvalue weighted by Gasteiger charge is 2.36. The van der Waals surface area contributed by atoms with Crippen LogP contribution in [0.4, 0.5) is 8.78 Å². The van der Waals surface area contributed by atoms with Crippen LogP contribution in [0.3, 0.4) is 0 Å².